The second-order valence-corrected chi connectivity index (χ2v) is 6.34. The van der Waals surface area contributed by atoms with Gasteiger partial charge in [-0.3, -0.25) is 4.55 Å². The van der Waals surface area contributed by atoms with Crippen LogP contribution >= 0.6 is 8.25 Å². The van der Waals surface area contributed by atoms with Crippen LogP contribution in [0, 0.1) is 0 Å². The molecule has 0 heterocycles. The fourth-order valence-electron chi connectivity index (χ4n) is 0.113. The summed E-state index contributed by atoms with van der Waals surface area (Å²) in [6, 6.07) is 0. The number of hydrogen-bond donors (Lipinski definition) is 1. The third-order valence-electron chi connectivity index (χ3n) is 0.410. The summed E-state index contributed by atoms with van der Waals surface area (Å²) in [5.74, 6) is 0. The zero-order chi connectivity index (χ0) is 9.28. The van der Waals surface area contributed by atoms with Gasteiger partial charge in [0, 0.05) is 3.97 Å². The Kier molecular flexibility index (Phi) is 3.06. The first-order chi connectivity index (χ1) is 4.67. The first-order valence-electron chi connectivity index (χ1n) is 1.73. The van der Waals surface area contributed by atoms with Crippen LogP contribution in [-0.2, 0) is 26.8 Å². The van der Waals surface area contributed by atoms with E-state index in [4.69, 9.17) is 4.55 Å². The van der Waals surface area contributed by atoms with Crippen molar-refractivity contribution in [1.29, 1.82) is 0 Å². The Morgan fingerprint density at radius 1 is 1.27 bits per heavy atom. The van der Waals surface area contributed by atoms with Gasteiger partial charge in [0.1, 0.15) is 0 Å². The predicted octanol–water partition coefficient (Wildman–Crippen LogP) is -1.85. The molecule has 8 nitrogen and oxygen atoms in total. The normalized spacial score (nSPS) is 14.5. The molecule has 0 aliphatic heterocycles. The van der Waals surface area contributed by atoms with Gasteiger partial charge in [-0.2, -0.15) is 16.8 Å². The van der Waals surface area contributed by atoms with Crippen molar-refractivity contribution in [1.82, 2.24) is 0 Å². The Bertz CT molecular complexity index is 342. The summed E-state index contributed by atoms with van der Waals surface area (Å²) in [4.78, 5) is 9.52. The van der Waals surface area contributed by atoms with Gasteiger partial charge in [-0.25, -0.2) is 0 Å². The topological polar surface area (TPSA) is 138 Å². The lowest BCUT2D eigenvalue weighted by Gasteiger charge is -1.90. The highest BCUT2D eigenvalue weighted by molar-refractivity contribution is 8.63. The number of hydrogen-bond acceptors (Lipinski definition) is 7. The van der Waals surface area contributed by atoms with Gasteiger partial charge in [0.05, 0.1) is 0 Å². The van der Waals surface area contributed by atoms with Crippen molar-refractivity contribution in [3.63, 3.8) is 0 Å². The summed E-state index contributed by atoms with van der Waals surface area (Å²) >= 11 is 0. The Morgan fingerprint density at radius 2 is 1.64 bits per heavy atom. The lowest BCUT2D eigenvalue weighted by molar-refractivity contribution is -0.177. The monoisotopic (exact) mass is 224 g/mol. The predicted molar refractivity (Wildman–Crippen MR) is 29.2 cm³/mol. The Hall–Kier alpha value is -0.120. The van der Waals surface area contributed by atoms with Gasteiger partial charge in [0.15, 0.2) is 0 Å². The van der Waals surface area contributed by atoms with Gasteiger partial charge in [0.2, 0.25) is 0 Å². The quantitative estimate of drug-likeness (QED) is 0.335. The third kappa shape index (κ3) is 3.18. The fourth-order valence-corrected chi connectivity index (χ4v) is 2.16. The molecule has 0 saturated heterocycles. The molecule has 0 aromatic heterocycles. The second-order valence-electron chi connectivity index (χ2n) is 1.13. The molecule has 1 N–H and O–H groups in total. The second kappa shape index (κ2) is 3.09. The summed E-state index contributed by atoms with van der Waals surface area (Å²) in [5.41, 5.74) is 0. The lowest BCUT2D eigenvalue weighted by atomic mass is 15.8. The van der Waals surface area contributed by atoms with E-state index in [0.29, 0.717) is 0 Å². The largest absolute Gasteiger partial charge is 0.566 e. The van der Waals surface area contributed by atoms with Crippen molar-refractivity contribution in [2.75, 3.05) is 0 Å². The minimum absolute atomic E-state index is 2.89. The average Bonchev–Trinajstić information content (AvgIpc) is 1.56. The van der Waals surface area contributed by atoms with Crippen molar-refractivity contribution in [3.05, 3.63) is 0 Å². The third-order valence-corrected chi connectivity index (χ3v) is 4.24. The molecule has 0 aromatic carbocycles. The average molecular weight is 224 g/mol. The van der Waals surface area contributed by atoms with E-state index >= 15 is 0 Å². The SMILES string of the molecule is O=[P+]([O-])OS(=O)(=O)S(=O)(=O)O. The first kappa shape index (κ1) is 10.9. The van der Waals surface area contributed by atoms with Gasteiger partial charge < -0.3 is 4.89 Å². The van der Waals surface area contributed by atoms with Crippen LogP contribution < -0.4 is 4.89 Å². The van der Waals surface area contributed by atoms with Crippen LogP contribution in [0.25, 0.3) is 0 Å². The van der Waals surface area contributed by atoms with Gasteiger partial charge >= 0.3 is 26.6 Å². The van der Waals surface area contributed by atoms with E-state index in [2.05, 4.69) is 3.97 Å². The van der Waals surface area contributed by atoms with E-state index in [9.17, 15) is 26.3 Å². The van der Waals surface area contributed by atoms with Crippen LogP contribution in [0.3, 0.4) is 0 Å². The summed E-state index contributed by atoms with van der Waals surface area (Å²) in [7, 11) is -14.9. The minimum Gasteiger partial charge on any atom is -0.566 e. The van der Waals surface area contributed by atoms with Crippen LogP contribution in [0.5, 0.6) is 0 Å². The highest BCUT2D eigenvalue weighted by Crippen LogP contribution is 2.17. The van der Waals surface area contributed by atoms with Gasteiger partial charge in [0.25, 0.3) is 0 Å². The van der Waals surface area contributed by atoms with Crippen LogP contribution in [-0.4, -0.2) is 21.4 Å². The van der Waals surface area contributed by atoms with Gasteiger partial charge in [-0.15, -0.1) is 0 Å². The highest BCUT2D eigenvalue weighted by Gasteiger charge is 2.35. The Balaban J connectivity index is 4.96. The van der Waals surface area contributed by atoms with E-state index in [1.165, 1.54) is 0 Å². The summed E-state index contributed by atoms with van der Waals surface area (Å²) < 4.78 is 59.8. The molecule has 0 aliphatic carbocycles. The molecule has 0 aromatic rings. The lowest BCUT2D eigenvalue weighted by Crippen LogP contribution is -2.15. The molecule has 11 heteroatoms. The van der Waals surface area contributed by atoms with Gasteiger partial charge in [-0.05, 0) is 4.57 Å². The smallest absolute Gasteiger partial charge is 0.506 e. The first-order valence-corrected chi connectivity index (χ1v) is 6.19. The fraction of sp³-hybridized carbons (Fsp3) is 0. The van der Waals surface area contributed by atoms with Crippen LogP contribution in [0.4, 0.5) is 0 Å². The molecule has 0 bridgehead atoms. The van der Waals surface area contributed by atoms with E-state index in [1.54, 1.807) is 0 Å². The van der Waals surface area contributed by atoms with E-state index in [0.717, 1.165) is 0 Å². The van der Waals surface area contributed by atoms with E-state index in [1.807, 2.05) is 0 Å². The summed E-state index contributed by atoms with van der Waals surface area (Å²) in [5, 5.41) is 0. The maximum atomic E-state index is 10.0. The van der Waals surface area contributed by atoms with Crippen LogP contribution in [0.2, 0.25) is 0 Å². The molecule has 0 spiro atoms. The van der Waals surface area contributed by atoms with E-state index in [-0.39, 0.29) is 0 Å². The summed E-state index contributed by atoms with van der Waals surface area (Å²) in [6.45, 7) is 0. The Labute approximate surface area is 62.0 Å². The minimum atomic E-state index is -5.53. The molecular weight excluding hydrogens is 223 g/mol. The van der Waals surface area contributed by atoms with Crippen LogP contribution in [0.15, 0.2) is 0 Å². The maximum Gasteiger partial charge on any atom is 0.506 e. The molecule has 0 rings (SSSR count). The van der Waals surface area contributed by atoms with Gasteiger partial charge in [-0.1, -0.05) is 0 Å². The molecule has 0 aliphatic rings. The molecular formula is HO8PS2. The zero-order valence-electron chi connectivity index (χ0n) is 4.57. The molecule has 11 heavy (non-hydrogen) atoms. The van der Waals surface area contributed by atoms with E-state index < -0.39 is 26.6 Å². The molecule has 0 radical (unpaired) electrons. The van der Waals surface area contributed by atoms with Crippen molar-refractivity contribution in [2.24, 2.45) is 0 Å². The zero-order valence-corrected chi connectivity index (χ0v) is 7.10. The van der Waals surface area contributed by atoms with Crippen molar-refractivity contribution in [2.45, 2.75) is 0 Å². The molecule has 0 amide bonds. The molecule has 66 valence electrons. The number of rotatable bonds is 3. The highest BCUT2D eigenvalue weighted by atomic mass is 33.2. The standard InChI is InChI=1S/HO8PS2/c1-9(2)8-11(6,7)10(3,4)5/h(H,3,4,5). The molecule has 0 saturated carbocycles. The molecule has 1 atom stereocenters. The van der Waals surface area contributed by atoms with Crippen molar-refractivity contribution in [3.8, 4) is 0 Å². The van der Waals surface area contributed by atoms with Crippen LogP contribution in [0.1, 0.15) is 0 Å². The molecule has 0 fully saturated rings. The van der Waals surface area contributed by atoms with Crippen molar-refractivity contribution < 1.29 is 34.8 Å². The summed E-state index contributed by atoms with van der Waals surface area (Å²) in [6.07, 6.45) is 0. The Morgan fingerprint density at radius 3 is 1.73 bits per heavy atom. The maximum absolute atomic E-state index is 10.0. The van der Waals surface area contributed by atoms with Crippen molar-refractivity contribution >= 4 is 26.6 Å². The molecule has 1 unspecified atom stereocenters.